The fraction of sp³-hybridized carbons (Fsp3) is 0.420. The van der Waals surface area contributed by atoms with Crippen LogP contribution >= 0.6 is 22.7 Å². The first kappa shape index (κ1) is 57.7. The van der Waals surface area contributed by atoms with Crippen LogP contribution in [-0.4, -0.2) is 46.7 Å². The molecule has 0 N–H and O–H groups in total. The van der Waals surface area contributed by atoms with E-state index in [-0.39, 0.29) is 38.7 Å². The minimum atomic E-state index is 0. The summed E-state index contributed by atoms with van der Waals surface area (Å²) in [6.07, 6.45) is 15.9. The second-order valence-electron chi connectivity index (χ2n) is 13.2. The smallest absolute Gasteiger partial charge is 1.00 e. The second-order valence-corrected chi connectivity index (χ2v) is 15.2. The van der Waals surface area contributed by atoms with E-state index in [0.29, 0.717) is 11.3 Å². The van der Waals surface area contributed by atoms with Gasteiger partial charge in [0.25, 0.3) is 0 Å². The third-order valence-electron chi connectivity index (χ3n) is 8.92. The number of carbonyl (C=O) groups excluding carboxylic acids is 1. The summed E-state index contributed by atoms with van der Waals surface area (Å²) >= 11 is 3.57. The SMILES string of the molecule is C.CCCCN(CCCC)c1ccc(C=Cc2cccs2)c(OC)c1.CCCCN(CCCC)c1ccc(C=O)c(OC)c1.CCc1cccs1.[Cl-].[Li+].[c-]1ccccc1. The third kappa shape index (κ3) is 23.8. The molecule has 0 unspecified atom stereocenters. The van der Waals surface area contributed by atoms with Gasteiger partial charge in [-0.05, 0) is 91.4 Å². The van der Waals surface area contributed by atoms with Crippen molar-refractivity contribution in [1.29, 1.82) is 0 Å². The van der Waals surface area contributed by atoms with Gasteiger partial charge >= 0.3 is 18.9 Å². The molecule has 0 radical (unpaired) electrons. The zero-order valence-corrected chi connectivity index (χ0v) is 38.9. The van der Waals surface area contributed by atoms with Crippen molar-refractivity contribution in [3.8, 4) is 11.5 Å². The molecule has 0 amide bonds. The molecule has 0 saturated carbocycles. The van der Waals surface area contributed by atoms with E-state index < -0.39 is 0 Å². The van der Waals surface area contributed by atoms with Gasteiger partial charge in [0, 0.05) is 65.0 Å². The molecule has 0 aliphatic rings. The standard InChI is InChI=1S/C21H29NOS.C16H25NO2.C6H8S.C6H5.CH4.ClH.Li/c1-4-6-14-22(15-7-5-2)19-12-10-18(21(17-19)23-3)11-13-20-9-8-16-24-20;1-4-6-10-17(11-7-5-2)15-9-8-14(13-18)16(12-15)19-3;1-2-6-4-3-5-7-6;1-2-4-6-5-3-1;;;/h8-13,16-17H,4-7,14-15H2,1-3H3;8-9,12-13H,4-7,10-11H2,1-3H3;3-5H,2H2,1H3;1-5H;1H4;1H;/q;;;-1;;;+1/p-1. The van der Waals surface area contributed by atoms with Crippen LogP contribution in [-0.2, 0) is 6.42 Å². The van der Waals surface area contributed by atoms with E-state index >= 15 is 0 Å². The predicted octanol–water partition coefficient (Wildman–Crippen LogP) is 8.69. The summed E-state index contributed by atoms with van der Waals surface area (Å²) in [7, 11) is 3.36. The van der Waals surface area contributed by atoms with Crippen molar-refractivity contribution in [3.63, 3.8) is 0 Å². The molecular formula is C50H71ClLiN2O3S2-. The fourth-order valence-electron chi connectivity index (χ4n) is 5.58. The number of nitrogens with zero attached hydrogens (tertiary/aromatic N) is 2. The van der Waals surface area contributed by atoms with Crippen LogP contribution in [0.1, 0.15) is 119 Å². The van der Waals surface area contributed by atoms with Crippen molar-refractivity contribution in [1.82, 2.24) is 0 Å². The van der Waals surface area contributed by atoms with Gasteiger partial charge in [-0.2, -0.15) is 36.4 Å². The van der Waals surface area contributed by atoms with Gasteiger partial charge in [-0.1, -0.05) is 79.9 Å². The Bertz CT molecular complexity index is 1660. The van der Waals surface area contributed by atoms with Gasteiger partial charge in [0.05, 0.1) is 19.8 Å². The number of aldehydes is 1. The van der Waals surface area contributed by atoms with Crippen LogP contribution in [0.2, 0.25) is 0 Å². The maximum Gasteiger partial charge on any atom is 1.00 e. The molecule has 2 heterocycles. The van der Waals surface area contributed by atoms with Crippen LogP contribution in [0.15, 0.2) is 102 Å². The first-order valence-corrected chi connectivity index (χ1v) is 22.2. The van der Waals surface area contributed by atoms with Crippen molar-refractivity contribution >= 4 is 52.5 Å². The number of hydrogen-bond acceptors (Lipinski definition) is 7. The number of aryl methyl sites for hydroxylation is 1. The van der Waals surface area contributed by atoms with Crippen molar-refractivity contribution in [2.45, 2.75) is 99.8 Å². The fourth-order valence-corrected chi connectivity index (χ4v) is 6.85. The Morgan fingerprint density at radius 2 is 1.08 bits per heavy atom. The number of unbranched alkanes of at least 4 members (excludes halogenated alkanes) is 4. The monoisotopic (exact) mass is 853 g/mol. The molecule has 320 valence electrons. The zero-order chi connectivity index (χ0) is 40.6. The molecule has 0 fully saturated rings. The summed E-state index contributed by atoms with van der Waals surface area (Å²) < 4.78 is 10.9. The van der Waals surface area contributed by atoms with E-state index in [2.05, 4.69) is 116 Å². The van der Waals surface area contributed by atoms with Crippen LogP contribution in [0, 0.1) is 6.07 Å². The molecular weight excluding hydrogens is 783 g/mol. The van der Waals surface area contributed by atoms with Crippen LogP contribution in [0.5, 0.6) is 11.5 Å². The molecule has 5 rings (SSSR count). The molecule has 3 aromatic carbocycles. The van der Waals surface area contributed by atoms with Gasteiger partial charge in [-0.3, -0.25) is 4.79 Å². The molecule has 9 heteroatoms. The van der Waals surface area contributed by atoms with Gasteiger partial charge in [-0.25, -0.2) is 0 Å². The van der Waals surface area contributed by atoms with Gasteiger partial charge < -0.3 is 31.7 Å². The average Bonchev–Trinajstić information content (AvgIpc) is 4.00. The third-order valence-corrected chi connectivity index (χ3v) is 10.8. The van der Waals surface area contributed by atoms with Crippen LogP contribution < -0.4 is 50.5 Å². The number of anilines is 2. The van der Waals surface area contributed by atoms with Crippen molar-refractivity contribution in [2.75, 3.05) is 50.2 Å². The molecule has 59 heavy (non-hydrogen) atoms. The van der Waals surface area contributed by atoms with E-state index in [4.69, 9.17) is 9.47 Å². The summed E-state index contributed by atoms with van der Waals surface area (Å²) in [6, 6.07) is 33.3. The maximum atomic E-state index is 10.9. The number of rotatable bonds is 20. The summed E-state index contributed by atoms with van der Waals surface area (Å²) in [5.74, 6) is 1.60. The molecule has 5 nitrogen and oxygen atoms in total. The number of halogens is 1. The molecule has 0 atom stereocenters. The average molecular weight is 855 g/mol. The van der Waals surface area contributed by atoms with E-state index in [9.17, 15) is 4.79 Å². The van der Waals surface area contributed by atoms with E-state index in [1.54, 1.807) is 25.6 Å². The quantitative estimate of drug-likeness (QED) is 0.0446. The van der Waals surface area contributed by atoms with Gasteiger partial charge in [0.2, 0.25) is 0 Å². The summed E-state index contributed by atoms with van der Waals surface area (Å²) in [5, 5.41) is 4.21. The summed E-state index contributed by atoms with van der Waals surface area (Å²) in [6.45, 7) is 15.4. The first-order chi connectivity index (χ1) is 27.5. The van der Waals surface area contributed by atoms with Gasteiger partial charge in [-0.15, -0.1) is 22.7 Å². The Labute approximate surface area is 385 Å². The van der Waals surface area contributed by atoms with E-state index in [1.165, 1.54) is 73.2 Å². The Hall–Kier alpha value is -3.44. The normalized spacial score (nSPS) is 9.75. The molecule has 0 spiro atoms. The number of thiophene rings is 2. The van der Waals surface area contributed by atoms with Crippen molar-refractivity contribution < 1.29 is 45.5 Å². The number of ether oxygens (including phenoxy) is 2. The minimum Gasteiger partial charge on any atom is -1.00 e. The summed E-state index contributed by atoms with van der Waals surface area (Å²) in [5.41, 5.74) is 4.14. The first-order valence-electron chi connectivity index (χ1n) is 20.4. The topological polar surface area (TPSA) is 42.0 Å². The second kappa shape index (κ2) is 37.5. The molecule has 0 saturated heterocycles. The number of carbonyl (C=O) groups is 1. The minimum absolute atomic E-state index is 0. The molecule has 2 aromatic heterocycles. The number of hydrogen-bond donors (Lipinski definition) is 0. The predicted molar refractivity (Wildman–Crippen MR) is 254 cm³/mol. The molecule has 0 bridgehead atoms. The zero-order valence-electron chi connectivity index (χ0n) is 36.6. The van der Waals surface area contributed by atoms with Crippen LogP contribution in [0.25, 0.3) is 12.2 Å². The van der Waals surface area contributed by atoms with Crippen molar-refractivity contribution in [2.24, 2.45) is 0 Å². The number of methoxy groups -OCH3 is 2. The molecule has 0 aliphatic heterocycles. The van der Waals surface area contributed by atoms with Gasteiger partial charge in [0.15, 0.2) is 6.29 Å². The maximum absolute atomic E-state index is 10.9. The Morgan fingerprint density at radius 1 is 0.610 bits per heavy atom. The molecule has 5 aromatic rings. The van der Waals surface area contributed by atoms with E-state index in [1.807, 2.05) is 59.9 Å². The largest absolute Gasteiger partial charge is 1.00 e. The summed E-state index contributed by atoms with van der Waals surface area (Å²) in [4.78, 5) is 18.5. The Kier molecular flexibility index (Phi) is 36.7. The Balaban J connectivity index is 0. The van der Waals surface area contributed by atoms with Crippen LogP contribution in [0.4, 0.5) is 11.4 Å². The number of benzene rings is 3. The van der Waals surface area contributed by atoms with Crippen molar-refractivity contribution in [3.05, 3.63) is 129 Å². The van der Waals surface area contributed by atoms with Crippen LogP contribution in [0.3, 0.4) is 0 Å². The van der Waals surface area contributed by atoms with Gasteiger partial charge in [0.1, 0.15) is 11.5 Å². The molecule has 0 aliphatic carbocycles. The Morgan fingerprint density at radius 3 is 1.42 bits per heavy atom. The van der Waals surface area contributed by atoms with E-state index in [0.717, 1.165) is 49.5 Å².